The van der Waals surface area contributed by atoms with E-state index < -0.39 is 16.7 Å². The minimum absolute atomic E-state index is 0.0264. The summed E-state index contributed by atoms with van der Waals surface area (Å²) in [5.41, 5.74) is 0.574. The number of ether oxygens (including phenoxy) is 1. The maximum absolute atomic E-state index is 12.5. The van der Waals surface area contributed by atoms with Gasteiger partial charge in [-0.2, -0.15) is 0 Å². The van der Waals surface area contributed by atoms with Gasteiger partial charge in [0.1, 0.15) is 11.4 Å². The topological polar surface area (TPSA) is 111 Å². The zero-order valence-electron chi connectivity index (χ0n) is 14.9. The molecule has 2 aromatic carbocycles. The van der Waals surface area contributed by atoms with E-state index in [9.17, 15) is 19.7 Å². The van der Waals surface area contributed by atoms with Gasteiger partial charge in [-0.05, 0) is 36.8 Å². The first-order valence-electron chi connectivity index (χ1n) is 8.14. The molecule has 0 aliphatic heterocycles. The third-order valence-corrected chi connectivity index (χ3v) is 3.58. The van der Waals surface area contributed by atoms with Crippen LogP contribution >= 0.6 is 0 Å². The number of nitro benzene ring substituents is 1. The van der Waals surface area contributed by atoms with Crippen LogP contribution in [0.1, 0.15) is 22.8 Å². The first-order chi connectivity index (χ1) is 12.9. The molecule has 27 heavy (non-hydrogen) atoms. The Bertz CT molecular complexity index is 875. The zero-order valence-corrected chi connectivity index (χ0v) is 14.9. The normalized spacial score (nSPS) is 10.8. The van der Waals surface area contributed by atoms with E-state index >= 15 is 0 Å². The number of nitrogens with one attached hydrogen (secondary N) is 2. The summed E-state index contributed by atoms with van der Waals surface area (Å²) in [4.78, 5) is 35.0. The molecule has 140 valence electrons. The van der Waals surface area contributed by atoms with Crippen molar-refractivity contribution >= 4 is 23.6 Å². The fourth-order valence-electron chi connectivity index (χ4n) is 2.24. The maximum atomic E-state index is 12.5. The minimum Gasteiger partial charge on any atom is -0.497 e. The van der Waals surface area contributed by atoms with Crippen molar-refractivity contribution in [3.8, 4) is 5.75 Å². The number of hydrogen-bond donors (Lipinski definition) is 2. The monoisotopic (exact) mass is 369 g/mol. The first-order valence-corrected chi connectivity index (χ1v) is 8.14. The van der Waals surface area contributed by atoms with Crippen LogP contribution in [0.4, 0.5) is 5.69 Å². The fraction of sp³-hybridized carbons (Fsp3) is 0.158. The van der Waals surface area contributed by atoms with Crippen molar-refractivity contribution in [2.45, 2.75) is 6.92 Å². The highest BCUT2D eigenvalue weighted by Crippen LogP contribution is 2.15. The lowest BCUT2D eigenvalue weighted by atomic mass is 10.1. The van der Waals surface area contributed by atoms with Crippen LogP contribution in [0.5, 0.6) is 5.75 Å². The summed E-state index contributed by atoms with van der Waals surface area (Å²) in [7, 11) is 1.55. The predicted octanol–water partition coefficient (Wildman–Crippen LogP) is 2.51. The second kappa shape index (κ2) is 9.14. The van der Waals surface area contributed by atoms with Gasteiger partial charge in [0.05, 0.1) is 12.0 Å². The Balaban J connectivity index is 2.29. The molecular weight excluding hydrogens is 350 g/mol. The molecule has 0 fully saturated rings. The van der Waals surface area contributed by atoms with Gasteiger partial charge < -0.3 is 15.4 Å². The molecule has 8 nitrogen and oxygen atoms in total. The molecule has 0 saturated carbocycles. The molecule has 0 heterocycles. The molecule has 2 N–H and O–H groups in total. The predicted molar refractivity (Wildman–Crippen MR) is 100 cm³/mol. The molecule has 0 unspecified atom stereocenters. The van der Waals surface area contributed by atoms with Gasteiger partial charge >= 0.3 is 0 Å². The summed E-state index contributed by atoms with van der Waals surface area (Å²) >= 11 is 0. The van der Waals surface area contributed by atoms with E-state index in [1.807, 2.05) is 0 Å². The molecule has 0 saturated heterocycles. The quantitative estimate of drug-likeness (QED) is 0.443. The molecular formula is C19H19N3O5. The smallest absolute Gasteiger partial charge is 0.270 e. The van der Waals surface area contributed by atoms with E-state index in [1.54, 1.807) is 38.3 Å². The summed E-state index contributed by atoms with van der Waals surface area (Å²) in [6, 6.07) is 12.2. The Hall–Kier alpha value is -3.68. The van der Waals surface area contributed by atoms with Gasteiger partial charge in [0, 0.05) is 24.2 Å². The molecule has 0 aliphatic rings. The number of likely N-dealkylation sites (N-methyl/N-ethyl adjacent to an activating group) is 1. The molecule has 0 aromatic heterocycles. The van der Waals surface area contributed by atoms with Crippen molar-refractivity contribution < 1.29 is 19.2 Å². The van der Waals surface area contributed by atoms with Gasteiger partial charge in [-0.25, -0.2) is 0 Å². The van der Waals surface area contributed by atoms with Gasteiger partial charge in [0.25, 0.3) is 17.5 Å². The second-order valence-corrected chi connectivity index (χ2v) is 5.45. The number of nitrogens with zero attached hydrogens (tertiary/aromatic N) is 1. The highest BCUT2D eigenvalue weighted by Gasteiger charge is 2.16. The van der Waals surface area contributed by atoms with Crippen LogP contribution in [-0.2, 0) is 4.79 Å². The van der Waals surface area contributed by atoms with Crippen LogP contribution in [0.25, 0.3) is 6.08 Å². The SMILES string of the molecule is CCNC(=O)/C(=C/c1ccc(OC)cc1)NC(=O)c1cccc([N+](=O)[O-])c1. The lowest BCUT2D eigenvalue weighted by molar-refractivity contribution is -0.384. The molecule has 0 aliphatic carbocycles. The van der Waals surface area contributed by atoms with Crippen LogP contribution in [0.2, 0.25) is 0 Å². The first kappa shape index (κ1) is 19.6. The van der Waals surface area contributed by atoms with E-state index in [0.29, 0.717) is 17.9 Å². The molecule has 2 rings (SSSR count). The zero-order chi connectivity index (χ0) is 19.8. The van der Waals surface area contributed by atoms with Gasteiger partial charge in [0.15, 0.2) is 0 Å². The summed E-state index contributed by atoms with van der Waals surface area (Å²) in [5.74, 6) is -0.427. The van der Waals surface area contributed by atoms with Gasteiger partial charge in [-0.1, -0.05) is 18.2 Å². The molecule has 0 spiro atoms. The number of rotatable bonds is 7. The number of amides is 2. The largest absolute Gasteiger partial charge is 0.497 e. The number of carbonyl (C=O) groups is 2. The average molecular weight is 369 g/mol. The summed E-state index contributed by atoms with van der Waals surface area (Å²) in [6.07, 6.45) is 1.51. The van der Waals surface area contributed by atoms with E-state index in [1.165, 1.54) is 24.3 Å². The van der Waals surface area contributed by atoms with Crippen LogP contribution in [-0.4, -0.2) is 30.4 Å². The van der Waals surface area contributed by atoms with Crippen molar-refractivity contribution in [1.82, 2.24) is 10.6 Å². The highest BCUT2D eigenvalue weighted by molar-refractivity contribution is 6.05. The van der Waals surface area contributed by atoms with Crippen LogP contribution in [0, 0.1) is 10.1 Å². The van der Waals surface area contributed by atoms with Crippen molar-refractivity contribution in [3.05, 3.63) is 75.5 Å². The molecule has 8 heteroatoms. The average Bonchev–Trinajstić information content (AvgIpc) is 2.68. The van der Waals surface area contributed by atoms with E-state index in [2.05, 4.69) is 10.6 Å². The summed E-state index contributed by atoms with van der Waals surface area (Å²) < 4.78 is 5.09. The number of nitro groups is 1. The molecule has 2 aromatic rings. The number of methoxy groups -OCH3 is 1. The second-order valence-electron chi connectivity index (χ2n) is 5.45. The van der Waals surface area contributed by atoms with Gasteiger partial charge in [-0.15, -0.1) is 0 Å². The van der Waals surface area contributed by atoms with Crippen molar-refractivity contribution in [1.29, 1.82) is 0 Å². The third kappa shape index (κ3) is 5.40. The lowest BCUT2D eigenvalue weighted by Gasteiger charge is -2.10. The van der Waals surface area contributed by atoms with Crippen molar-refractivity contribution in [2.75, 3.05) is 13.7 Å². The standard InChI is InChI=1S/C19H19N3O5/c1-3-20-19(24)17(11-13-7-9-16(27-2)10-8-13)21-18(23)14-5-4-6-15(12-14)22(25)26/h4-12H,3H2,1-2H3,(H,20,24)(H,21,23)/b17-11-. The van der Waals surface area contributed by atoms with Crippen LogP contribution < -0.4 is 15.4 Å². The number of non-ortho nitro benzene ring substituents is 1. The van der Waals surface area contributed by atoms with Gasteiger partial charge in [-0.3, -0.25) is 19.7 Å². The number of hydrogen-bond acceptors (Lipinski definition) is 5. The van der Waals surface area contributed by atoms with E-state index in [4.69, 9.17) is 4.74 Å². The van der Waals surface area contributed by atoms with Crippen molar-refractivity contribution in [3.63, 3.8) is 0 Å². The van der Waals surface area contributed by atoms with Crippen LogP contribution in [0.3, 0.4) is 0 Å². The fourth-order valence-corrected chi connectivity index (χ4v) is 2.24. The maximum Gasteiger partial charge on any atom is 0.270 e. The number of carbonyl (C=O) groups excluding carboxylic acids is 2. The summed E-state index contributed by atoms with van der Waals surface area (Å²) in [5, 5.41) is 16.0. The lowest BCUT2D eigenvalue weighted by Crippen LogP contribution is -2.34. The number of benzene rings is 2. The Morgan fingerprint density at radius 3 is 2.48 bits per heavy atom. The van der Waals surface area contributed by atoms with Gasteiger partial charge in [0.2, 0.25) is 0 Å². The van der Waals surface area contributed by atoms with E-state index in [-0.39, 0.29) is 16.9 Å². The highest BCUT2D eigenvalue weighted by atomic mass is 16.6. The molecule has 2 amide bonds. The third-order valence-electron chi connectivity index (χ3n) is 3.58. The van der Waals surface area contributed by atoms with E-state index in [0.717, 1.165) is 6.07 Å². The van der Waals surface area contributed by atoms with Crippen molar-refractivity contribution in [2.24, 2.45) is 0 Å². The molecule has 0 bridgehead atoms. The Morgan fingerprint density at radius 1 is 1.19 bits per heavy atom. The summed E-state index contributed by atoms with van der Waals surface area (Å²) in [6.45, 7) is 2.14. The molecule has 0 atom stereocenters. The minimum atomic E-state index is -0.621. The Labute approximate surface area is 156 Å². The van der Waals surface area contributed by atoms with Crippen LogP contribution in [0.15, 0.2) is 54.2 Å². The molecule has 0 radical (unpaired) electrons. The Kier molecular flexibility index (Phi) is 6.65. The Morgan fingerprint density at radius 2 is 1.89 bits per heavy atom.